The van der Waals surface area contributed by atoms with Crippen molar-refractivity contribution in [2.45, 2.75) is 26.4 Å². The van der Waals surface area contributed by atoms with Gasteiger partial charge in [-0.1, -0.05) is 30.3 Å². The molecule has 0 saturated heterocycles. The van der Waals surface area contributed by atoms with E-state index in [0.29, 0.717) is 5.89 Å². The molecule has 4 rings (SSSR count). The molecule has 1 atom stereocenters. The monoisotopic (exact) mass is 362 g/mol. The number of carbonyl (C=O) groups is 1. The number of fused-ring (bicyclic) bond motifs is 1. The predicted octanol–water partition coefficient (Wildman–Crippen LogP) is 4.64. The maximum Gasteiger partial charge on any atom is 0.311 e. The Morgan fingerprint density at radius 2 is 1.96 bits per heavy atom. The molecule has 6 heteroatoms. The minimum Gasteiger partial charge on any atom is -0.464 e. The number of rotatable bonds is 5. The Labute approximate surface area is 155 Å². The molecular formula is C21H18N2O4. The van der Waals surface area contributed by atoms with Crippen LogP contribution in [0.5, 0.6) is 0 Å². The van der Waals surface area contributed by atoms with Gasteiger partial charge in [-0.3, -0.25) is 4.79 Å². The summed E-state index contributed by atoms with van der Waals surface area (Å²) in [7, 11) is 0. The molecule has 4 aromatic rings. The van der Waals surface area contributed by atoms with E-state index in [-0.39, 0.29) is 18.3 Å². The van der Waals surface area contributed by atoms with Gasteiger partial charge in [0.05, 0.1) is 12.7 Å². The number of aromatic nitrogens is 2. The highest BCUT2D eigenvalue weighted by Crippen LogP contribution is 2.25. The number of hydrogen-bond donors (Lipinski definition) is 0. The number of nitrogens with zero attached hydrogens (tertiary/aromatic N) is 2. The van der Waals surface area contributed by atoms with Crippen LogP contribution in [-0.4, -0.2) is 16.2 Å². The SMILES string of the molecule is Cc1ccc2c(CC(=O)O[C@@H](C)c3nnc(-c4ccccc4)o3)coc2c1. The Morgan fingerprint density at radius 1 is 1.15 bits per heavy atom. The fraction of sp³-hybridized carbons (Fsp3) is 0.190. The van der Waals surface area contributed by atoms with Gasteiger partial charge in [0, 0.05) is 16.5 Å². The van der Waals surface area contributed by atoms with Crippen LogP contribution in [-0.2, 0) is 16.0 Å². The quantitative estimate of drug-likeness (QED) is 0.481. The zero-order valence-electron chi connectivity index (χ0n) is 15.0. The molecule has 0 fully saturated rings. The zero-order valence-corrected chi connectivity index (χ0v) is 15.0. The van der Waals surface area contributed by atoms with E-state index >= 15 is 0 Å². The molecule has 2 heterocycles. The van der Waals surface area contributed by atoms with Gasteiger partial charge in [0.15, 0.2) is 6.10 Å². The summed E-state index contributed by atoms with van der Waals surface area (Å²) in [5.41, 5.74) is 3.47. The van der Waals surface area contributed by atoms with Crippen LogP contribution >= 0.6 is 0 Å². The van der Waals surface area contributed by atoms with Crippen molar-refractivity contribution < 1.29 is 18.4 Å². The summed E-state index contributed by atoms with van der Waals surface area (Å²) in [5.74, 6) is 0.268. The second-order valence-electron chi connectivity index (χ2n) is 6.38. The molecule has 2 aromatic carbocycles. The van der Waals surface area contributed by atoms with Crippen LogP contribution in [0.1, 0.15) is 30.0 Å². The summed E-state index contributed by atoms with van der Waals surface area (Å²) in [6, 6.07) is 15.3. The molecule has 0 saturated carbocycles. The van der Waals surface area contributed by atoms with Gasteiger partial charge in [-0.15, -0.1) is 10.2 Å². The van der Waals surface area contributed by atoms with Crippen LogP contribution in [0.15, 0.2) is 63.6 Å². The number of carbonyl (C=O) groups excluding carboxylic acids is 1. The lowest BCUT2D eigenvalue weighted by molar-refractivity contribution is -0.148. The first-order valence-corrected chi connectivity index (χ1v) is 8.65. The molecule has 136 valence electrons. The van der Waals surface area contributed by atoms with Crippen molar-refractivity contribution >= 4 is 16.9 Å². The average Bonchev–Trinajstić information content (AvgIpc) is 3.30. The van der Waals surface area contributed by atoms with Crippen LogP contribution in [0.4, 0.5) is 0 Å². The van der Waals surface area contributed by atoms with Gasteiger partial charge < -0.3 is 13.6 Å². The first kappa shape index (κ1) is 17.0. The van der Waals surface area contributed by atoms with Gasteiger partial charge in [-0.05, 0) is 37.6 Å². The van der Waals surface area contributed by atoms with Gasteiger partial charge in [-0.25, -0.2) is 0 Å². The first-order chi connectivity index (χ1) is 13.1. The third-order valence-corrected chi connectivity index (χ3v) is 4.26. The number of hydrogen-bond acceptors (Lipinski definition) is 6. The van der Waals surface area contributed by atoms with Crippen molar-refractivity contribution in [3.8, 4) is 11.5 Å². The van der Waals surface area contributed by atoms with E-state index in [1.54, 1.807) is 13.2 Å². The van der Waals surface area contributed by atoms with E-state index in [4.69, 9.17) is 13.6 Å². The number of esters is 1. The van der Waals surface area contributed by atoms with E-state index in [1.165, 1.54) is 0 Å². The highest BCUT2D eigenvalue weighted by Gasteiger charge is 2.20. The number of benzene rings is 2. The fourth-order valence-electron chi connectivity index (χ4n) is 2.87. The second kappa shape index (κ2) is 7.07. The van der Waals surface area contributed by atoms with Crippen molar-refractivity contribution in [1.82, 2.24) is 10.2 Å². The molecule has 6 nitrogen and oxygen atoms in total. The lowest BCUT2D eigenvalue weighted by Gasteiger charge is -2.08. The lowest BCUT2D eigenvalue weighted by atomic mass is 10.1. The fourth-order valence-corrected chi connectivity index (χ4v) is 2.87. The zero-order chi connectivity index (χ0) is 18.8. The van der Waals surface area contributed by atoms with E-state index in [9.17, 15) is 4.79 Å². The molecule has 27 heavy (non-hydrogen) atoms. The molecule has 0 aliphatic heterocycles. The molecule has 0 unspecified atom stereocenters. The van der Waals surface area contributed by atoms with Crippen LogP contribution in [0.3, 0.4) is 0 Å². The highest BCUT2D eigenvalue weighted by atomic mass is 16.6. The lowest BCUT2D eigenvalue weighted by Crippen LogP contribution is -2.11. The summed E-state index contributed by atoms with van der Waals surface area (Å²) in [4.78, 5) is 12.3. The molecule has 0 radical (unpaired) electrons. The molecule has 0 N–H and O–H groups in total. The Balaban J connectivity index is 1.44. The van der Waals surface area contributed by atoms with Gasteiger partial charge in [0.1, 0.15) is 5.58 Å². The normalized spacial score (nSPS) is 12.2. The van der Waals surface area contributed by atoms with Crippen molar-refractivity contribution in [2.75, 3.05) is 0 Å². The predicted molar refractivity (Wildman–Crippen MR) is 98.9 cm³/mol. The molecule has 0 amide bonds. The number of ether oxygens (including phenoxy) is 1. The number of aryl methyl sites for hydroxylation is 1. The van der Waals surface area contributed by atoms with Crippen molar-refractivity contribution in [2.24, 2.45) is 0 Å². The van der Waals surface area contributed by atoms with Gasteiger partial charge >= 0.3 is 5.97 Å². The minimum atomic E-state index is -0.636. The second-order valence-corrected chi connectivity index (χ2v) is 6.38. The number of furan rings is 1. The van der Waals surface area contributed by atoms with Gasteiger partial charge in [-0.2, -0.15) is 0 Å². The summed E-state index contributed by atoms with van der Waals surface area (Å²) in [6.07, 6.45) is 1.07. The topological polar surface area (TPSA) is 78.4 Å². The van der Waals surface area contributed by atoms with Gasteiger partial charge in [0.2, 0.25) is 5.89 Å². The Kier molecular flexibility index (Phi) is 4.46. The largest absolute Gasteiger partial charge is 0.464 e. The van der Waals surface area contributed by atoms with E-state index < -0.39 is 6.10 Å². The maximum atomic E-state index is 12.3. The standard InChI is InChI=1S/C21H18N2O4/c1-13-8-9-17-16(12-25-18(17)10-13)11-19(24)26-14(2)20-22-23-21(27-20)15-6-4-3-5-7-15/h3-10,12,14H,11H2,1-2H3/t14-/m0/s1. The molecule has 0 spiro atoms. The third-order valence-electron chi connectivity index (χ3n) is 4.26. The third kappa shape index (κ3) is 3.60. The molecular weight excluding hydrogens is 344 g/mol. The van der Waals surface area contributed by atoms with E-state index in [0.717, 1.165) is 27.7 Å². The molecule has 0 aliphatic carbocycles. The molecule has 2 aromatic heterocycles. The van der Waals surface area contributed by atoms with Crippen LogP contribution in [0.2, 0.25) is 0 Å². The molecule has 0 aliphatic rings. The smallest absolute Gasteiger partial charge is 0.311 e. The van der Waals surface area contributed by atoms with Crippen molar-refractivity contribution in [1.29, 1.82) is 0 Å². The Morgan fingerprint density at radius 3 is 2.78 bits per heavy atom. The van der Waals surface area contributed by atoms with Crippen LogP contribution in [0.25, 0.3) is 22.4 Å². The van der Waals surface area contributed by atoms with Crippen molar-refractivity contribution in [3.63, 3.8) is 0 Å². The van der Waals surface area contributed by atoms with Crippen LogP contribution < -0.4 is 0 Å². The summed E-state index contributed by atoms with van der Waals surface area (Å²) in [5, 5.41) is 8.92. The maximum absolute atomic E-state index is 12.3. The minimum absolute atomic E-state index is 0.111. The summed E-state index contributed by atoms with van der Waals surface area (Å²) in [6.45, 7) is 3.70. The Bertz CT molecular complexity index is 1080. The van der Waals surface area contributed by atoms with Gasteiger partial charge in [0.25, 0.3) is 5.89 Å². The van der Waals surface area contributed by atoms with Crippen LogP contribution in [0, 0.1) is 6.92 Å². The Hall–Kier alpha value is -3.41. The van der Waals surface area contributed by atoms with E-state index in [1.807, 2.05) is 55.5 Å². The first-order valence-electron chi connectivity index (χ1n) is 8.65. The van der Waals surface area contributed by atoms with Crippen molar-refractivity contribution in [3.05, 3.63) is 71.8 Å². The highest BCUT2D eigenvalue weighted by molar-refractivity contribution is 5.86. The van der Waals surface area contributed by atoms with E-state index in [2.05, 4.69) is 10.2 Å². The summed E-state index contributed by atoms with van der Waals surface area (Å²) < 4.78 is 16.6. The average molecular weight is 362 g/mol. The molecule has 0 bridgehead atoms. The summed E-state index contributed by atoms with van der Waals surface area (Å²) >= 11 is 0.